The summed E-state index contributed by atoms with van der Waals surface area (Å²) in [6.07, 6.45) is -9.72. The number of hydrogen-bond acceptors (Lipinski definition) is 4. The van der Waals surface area contributed by atoms with Gasteiger partial charge in [0.1, 0.15) is 15.7 Å². The molecule has 1 saturated carbocycles. The van der Waals surface area contributed by atoms with Gasteiger partial charge in [0.2, 0.25) is 0 Å². The molecule has 5 nitrogen and oxygen atoms in total. The zero-order chi connectivity index (χ0) is 25.9. The highest BCUT2D eigenvalue weighted by Crippen LogP contribution is 2.54. The predicted molar refractivity (Wildman–Crippen MR) is 115 cm³/mol. The molecule has 0 saturated heterocycles. The van der Waals surface area contributed by atoms with E-state index >= 15 is 0 Å². The molecule has 0 radical (unpaired) electrons. The molecule has 188 valence electrons. The third-order valence-corrected chi connectivity index (χ3v) is 6.97. The van der Waals surface area contributed by atoms with Crippen LogP contribution in [-0.2, 0) is 5.67 Å². The van der Waals surface area contributed by atoms with Gasteiger partial charge in [0, 0.05) is 11.6 Å². The summed E-state index contributed by atoms with van der Waals surface area (Å²) in [5.74, 6) is -0.377. The van der Waals surface area contributed by atoms with Crippen LogP contribution in [0.3, 0.4) is 0 Å². The predicted octanol–water partition coefficient (Wildman–Crippen LogP) is 7.14. The van der Waals surface area contributed by atoms with Crippen LogP contribution in [0.2, 0.25) is 14.4 Å². The molecule has 0 bridgehead atoms. The summed E-state index contributed by atoms with van der Waals surface area (Å²) >= 11 is 19.0. The van der Waals surface area contributed by atoms with Crippen molar-refractivity contribution in [1.82, 2.24) is 20.3 Å². The van der Waals surface area contributed by atoms with Gasteiger partial charge in [-0.05, 0) is 31.0 Å². The fraction of sp³-hybridized carbons (Fsp3) is 0.316. The van der Waals surface area contributed by atoms with Crippen LogP contribution in [-0.4, -0.2) is 39.3 Å². The number of rotatable bonds is 5. The smallest absolute Gasteiger partial charge is 0.349 e. The fourth-order valence-electron chi connectivity index (χ4n) is 3.10. The van der Waals surface area contributed by atoms with Gasteiger partial charge >= 0.3 is 18.0 Å². The van der Waals surface area contributed by atoms with Gasteiger partial charge in [-0.25, -0.2) is 9.07 Å². The van der Waals surface area contributed by atoms with Crippen molar-refractivity contribution in [2.75, 3.05) is 0 Å². The largest absolute Gasteiger partial charge is 0.435 e. The molecule has 0 atom stereocenters. The molecule has 1 N–H and O–H groups in total. The van der Waals surface area contributed by atoms with E-state index in [0.29, 0.717) is 4.88 Å². The van der Waals surface area contributed by atoms with Crippen molar-refractivity contribution in [3.63, 3.8) is 0 Å². The van der Waals surface area contributed by atoms with Crippen molar-refractivity contribution >= 4 is 52.0 Å². The van der Waals surface area contributed by atoms with E-state index in [0.717, 1.165) is 28.9 Å². The summed E-state index contributed by atoms with van der Waals surface area (Å²) in [5.41, 5.74) is -7.52. The van der Waals surface area contributed by atoms with E-state index in [-0.39, 0.29) is 45.4 Å². The molecule has 1 aliphatic carbocycles. The Morgan fingerprint density at radius 3 is 2.09 bits per heavy atom. The lowest BCUT2D eigenvalue weighted by molar-refractivity contribution is -0.348. The molecule has 16 heteroatoms. The minimum absolute atomic E-state index is 0.0906. The minimum Gasteiger partial charge on any atom is -0.349 e. The van der Waals surface area contributed by atoms with Crippen LogP contribution in [0.1, 0.15) is 28.8 Å². The standard InChI is InChI=1S/C19H10Cl3F7N4OS/c20-10-3-7(17(23,18(24,25)26)19(27,28)29)4-11(21)14(10)33-6-12(31-32-33)13-5-9(15(22)35-13)16(34)30-8-1-2-8/h3-6,8H,1-2H2,(H,30,34). The molecular formula is C19H10Cl3F7N4OS. The lowest BCUT2D eigenvalue weighted by Gasteiger charge is -2.30. The van der Waals surface area contributed by atoms with Crippen LogP contribution < -0.4 is 5.32 Å². The number of carbonyl (C=O) groups excluding carboxylic acids is 1. The maximum absolute atomic E-state index is 14.4. The Bertz CT molecular complexity index is 1260. The van der Waals surface area contributed by atoms with Gasteiger partial charge in [0.25, 0.3) is 5.91 Å². The van der Waals surface area contributed by atoms with Gasteiger partial charge in [-0.2, -0.15) is 26.3 Å². The van der Waals surface area contributed by atoms with E-state index in [1.807, 2.05) is 0 Å². The van der Waals surface area contributed by atoms with Gasteiger partial charge in [-0.1, -0.05) is 40.0 Å². The maximum Gasteiger partial charge on any atom is 0.435 e. The summed E-state index contributed by atoms with van der Waals surface area (Å²) in [6.45, 7) is 0. The number of nitrogens with one attached hydrogen (secondary N) is 1. The molecule has 1 fully saturated rings. The molecule has 0 unspecified atom stereocenters. The first kappa shape index (κ1) is 26.0. The Kier molecular flexibility index (Phi) is 6.52. The van der Waals surface area contributed by atoms with E-state index in [9.17, 15) is 35.5 Å². The number of amides is 1. The SMILES string of the molecule is O=C(NC1CC1)c1cc(-c2cn(-c3c(Cl)cc(C(F)(C(F)(F)F)C(F)(F)F)cc3Cl)nn2)sc1Cl. The van der Waals surface area contributed by atoms with Gasteiger partial charge in [-0.15, -0.1) is 16.4 Å². The Labute approximate surface area is 210 Å². The van der Waals surface area contributed by atoms with Gasteiger partial charge in [0.15, 0.2) is 0 Å². The zero-order valence-electron chi connectivity index (χ0n) is 16.7. The van der Waals surface area contributed by atoms with Crippen LogP contribution in [0.4, 0.5) is 30.7 Å². The Morgan fingerprint density at radius 2 is 1.57 bits per heavy atom. The summed E-state index contributed by atoms with van der Waals surface area (Å²) in [7, 11) is 0. The number of alkyl halides is 7. The summed E-state index contributed by atoms with van der Waals surface area (Å²) in [4.78, 5) is 12.7. The number of nitrogens with zero attached hydrogens (tertiary/aromatic N) is 3. The van der Waals surface area contributed by atoms with Crippen LogP contribution in [0.5, 0.6) is 0 Å². The molecule has 1 amide bonds. The Balaban J connectivity index is 1.69. The quantitative estimate of drug-likeness (QED) is 0.326. The van der Waals surface area contributed by atoms with Crippen molar-refractivity contribution in [1.29, 1.82) is 0 Å². The molecule has 1 aromatic carbocycles. The molecule has 0 aliphatic heterocycles. The van der Waals surface area contributed by atoms with Crippen LogP contribution >= 0.6 is 46.1 Å². The van der Waals surface area contributed by atoms with Gasteiger partial charge < -0.3 is 5.32 Å². The van der Waals surface area contributed by atoms with Gasteiger partial charge in [-0.3, -0.25) is 4.79 Å². The number of carbonyl (C=O) groups is 1. The molecule has 3 aromatic rings. The molecule has 2 heterocycles. The average Bonchev–Trinajstić information content (AvgIpc) is 3.25. The normalized spacial score (nSPS) is 14.9. The zero-order valence-corrected chi connectivity index (χ0v) is 19.8. The molecule has 35 heavy (non-hydrogen) atoms. The van der Waals surface area contributed by atoms with Crippen molar-refractivity contribution < 1.29 is 35.5 Å². The van der Waals surface area contributed by atoms with E-state index in [1.54, 1.807) is 0 Å². The molecular weight excluding hydrogens is 572 g/mol. The topological polar surface area (TPSA) is 59.8 Å². The molecule has 1 aliphatic rings. The van der Waals surface area contributed by atoms with Crippen LogP contribution in [0.25, 0.3) is 16.3 Å². The fourth-order valence-corrected chi connectivity index (χ4v) is 4.98. The summed E-state index contributed by atoms with van der Waals surface area (Å²) < 4.78 is 94.0. The summed E-state index contributed by atoms with van der Waals surface area (Å²) in [6, 6.07) is 1.89. The third-order valence-electron chi connectivity index (χ3n) is 5.01. The molecule has 4 rings (SSSR count). The average molecular weight is 582 g/mol. The molecule has 0 spiro atoms. The highest BCUT2D eigenvalue weighted by atomic mass is 35.5. The lowest BCUT2D eigenvalue weighted by atomic mass is 9.94. The van der Waals surface area contributed by atoms with Crippen LogP contribution in [0, 0.1) is 0 Å². The first-order chi connectivity index (χ1) is 16.1. The Hall–Kier alpha value is -2.09. The van der Waals surface area contributed by atoms with Crippen molar-refractivity contribution in [2.24, 2.45) is 0 Å². The third kappa shape index (κ3) is 4.70. The number of benzene rings is 1. The van der Waals surface area contributed by atoms with E-state index in [1.165, 1.54) is 12.3 Å². The second-order valence-corrected chi connectivity index (χ2v) is 10.0. The van der Waals surface area contributed by atoms with Gasteiger partial charge in [0.05, 0.1) is 26.7 Å². The second kappa shape index (κ2) is 8.79. The highest BCUT2D eigenvalue weighted by molar-refractivity contribution is 7.19. The van der Waals surface area contributed by atoms with Crippen molar-refractivity contribution in [2.45, 2.75) is 36.9 Å². The first-order valence-electron chi connectivity index (χ1n) is 9.48. The second-order valence-electron chi connectivity index (χ2n) is 7.54. The summed E-state index contributed by atoms with van der Waals surface area (Å²) in [5, 5.41) is 8.89. The monoisotopic (exact) mass is 580 g/mol. The molecule has 2 aromatic heterocycles. The van der Waals surface area contributed by atoms with E-state index < -0.39 is 33.6 Å². The minimum atomic E-state index is -6.33. The first-order valence-corrected chi connectivity index (χ1v) is 11.4. The van der Waals surface area contributed by atoms with E-state index in [4.69, 9.17) is 34.8 Å². The van der Waals surface area contributed by atoms with Crippen LogP contribution in [0.15, 0.2) is 24.4 Å². The Morgan fingerprint density at radius 1 is 1.00 bits per heavy atom. The number of halogens is 10. The van der Waals surface area contributed by atoms with Crippen molar-refractivity contribution in [3.8, 4) is 16.3 Å². The lowest BCUT2D eigenvalue weighted by Crippen LogP contribution is -2.50. The van der Waals surface area contributed by atoms with E-state index in [2.05, 4.69) is 15.6 Å². The number of aromatic nitrogens is 3. The number of thiophene rings is 1. The maximum atomic E-state index is 14.4. The number of hydrogen-bond donors (Lipinski definition) is 1. The van der Waals surface area contributed by atoms with Crippen molar-refractivity contribution in [3.05, 3.63) is 49.9 Å². The highest BCUT2D eigenvalue weighted by Gasteiger charge is 2.73.